The third-order valence-corrected chi connectivity index (χ3v) is 6.55. The van der Waals surface area contributed by atoms with Crippen LogP contribution < -0.4 is 0 Å². The Labute approximate surface area is 156 Å². The molecule has 1 amide bonds. The molecule has 142 valence electrons. The van der Waals surface area contributed by atoms with Crippen LogP contribution >= 0.6 is 0 Å². The summed E-state index contributed by atoms with van der Waals surface area (Å²) in [6, 6.07) is 11.2. The number of hydrogen-bond acceptors (Lipinski definition) is 4. The van der Waals surface area contributed by atoms with Crippen molar-refractivity contribution in [3.8, 4) is 0 Å². The van der Waals surface area contributed by atoms with E-state index in [-0.39, 0.29) is 5.41 Å². The fourth-order valence-electron chi connectivity index (χ4n) is 5.01. The van der Waals surface area contributed by atoms with Gasteiger partial charge in [-0.1, -0.05) is 30.3 Å². The lowest BCUT2D eigenvalue weighted by Crippen LogP contribution is -2.42. The van der Waals surface area contributed by atoms with Crippen molar-refractivity contribution in [1.29, 1.82) is 0 Å². The maximum absolute atomic E-state index is 13.5. The number of amides is 1. The first-order valence-corrected chi connectivity index (χ1v) is 9.91. The first-order chi connectivity index (χ1) is 12.6. The zero-order valence-electron chi connectivity index (χ0n) is 16.1. The van der Waals surface area contributed by atoms with Crippen LogP contribution in [-0.2, 0) is 9.53 Å². The first-order valence-electron chi connectivity index (χ1n) is 9.91. The predicted molar refractivity (Wildman–Crippen MR) is 102 cm³/mol. The summed E-state index contributed by atoms with van der Waals surface area (Å²) in [4.78, 5) is 20.3. The van der Waals surface area contributed by atoms with Crippen LogP contribution in [0.5, 0.6) is 0 Å². The minimum atomic E-state index is -0.254. The third kappa shape index (κ3) is 3.17. The number of hydrogen-bond donors (Lipinski definition) is 0. The molecule has 3 fully saturated rings. The standard InChI is InChI=1S/C21H31N3O2/c1-22(2)11-12-23-10-9-21(20(23)25)16-24(18-8-13-26-15-18)14-19(21)17-6-4-3-5-7-17/h3-7,18-19H,8-16H2,1-2H3/t18-,19-,21+/m0/s1. The molecule has 0 aromatic heterocycles. The van der Waals surface area contributed by atoms with Gasteiger partial charge in [-0.2, -0.15) is 0 Å². The van der Waals surface area contributed by atoms with Crippen molar-refractivity contribution in [3.63, 3.8) is 0 Å². The number of carbonyl (C=O) groups is 1. The topological polar surface area (TPSA) is 36.0 Å². The van der Waals surface area contributed by atoms with Gasteiger partial charge in [-0.3, -0.25) is 9.69 Å². The highest BCUT2D eigenvalue weighted by Crippen LogP contribution is 2.50. The van der Waals surface area contributed by atoms with E-state index in [1.807, 2.05) is 0 Å². The van der Waals surface area contributed by atoms with E-state index in [0.717, 1.165) is 58.8 Å². The van der Waals surface area contributed by atoms with Crippen LogP contribution in [-0.4, -0.2) is 86.7 Å². The molecule has 4 rings (SSSR count). The van der Waals surface area contributed by atoms with E-state index in [4.69, 9.17) is 4.74 Å². The summed E-state index contributed by atoms with van der Waals surface area (Å²) in [5, 5.41) is 0. The molecule has 26 heavy (non-hydrogen) atoms. The Hall–Kier alpha value is -1.43. The Balaban J connectivity index is 1.59. The van der Waals surface area contributed by atoms with Gasteiger partial charge in [0.2, 0.25) is 5.91 Å². The van der Waals surface area contributed by atoms with Crippen LogP contribution in [0.15, 0.2) is 30.3 Å². The van der Waals surface area contributed by atoms with Crippen LogP contribution in [0.1, 0.15) is 24.3 Å². The van der Waals surface area contributed by atoms with Crippen molar-refractivity contribution in [2.75, 3.05) is 60.0 Å². The summed E-state index contributed by atoms with van der Waals surface area (Å²) in [7, 11) is 4.14. The van der Waals surface area contributed by atoms with Gasteiger partial charge in [-0.25, -0.2) is 0 Å². The molecule has 5 nitrogen and oxygen atoms in total. The molecule has 0 N–H and O–H groups in total. The van der Waals surface area contributed by atoms with Crippen molar-refractivity contribution in [2.45, 2.75) is 24.8 Å². The van der Waals surface area contributed by atoms with Gasteiger partial charge in [0.15, 0.2) is 0 Å². The van der Waals surface area contributed by atoms with Crippen molar-refractivity contribution in [2.24, 2.45) is 5.41 Å². The molecule has 1 aromatic rings. The summed E-state index contributed by atoms with van der Waals surface area (Å²) < 4.78 is 5.63. The normalized spacial score (nSPS) is 32.4. The molecule has 3 aliphatic rings. The van der Waals surface area contributed by atoms with Gasteiger partial charge in [-0.05, 0) is 32.5 Å². The molecule has 1 spiro atoms. The number of carbonyl (C=O) groups excluding carboxylic acids is 1. The molecule has 0 radical (unpaired) electrons. The van der Waals surface area contributed by atoms with Gasteiger partial charge in [0.25, 0.3) is 0 Å². The summed E-state index contributed by atoms with van der Waals surface area (Å²) in [5.41, 5.74) is 1.06. The number of nitrogens with zero attached hydrogens (tertiary/aromatic N) is 3. The van der Waals surface area contributed by atoms with Gasteiger partial charge in [0.1, 0.15) is 0 Å². The van der Waals surface area contributed by atoms with Crippen molar-refractivity contribution in [3.05, 3.63) is 35.9 Å². The monoisotopic (exact) mass is 357 g/mol. The van der Waals surface area contributed by atoms with Gasteiger partial charge < -0.3 is 14.5 Å². The Morgan fingerprint density at radius 2 is 2.08 bits per heavy atom. The molecular formula is C21H31N3O2. The highest BCUT2D eigenvalue weighted by Gasteiger charge is 2.57. The van der Waals surface area contributed by atoms with Crippen LogP contribution in [0.2, 0.25) is 0 Å². The zero-order valence-corrected chi connectivity index (χ0v) is 16.1. The zero-order chi connectivity index (χ0) is 18.1. The molecule has 5 heteroatoms. The van der Waals surface area contributed by atoms with Gasteiger partial charge in [0, 0.05) is 51.3 Å². The minimum Gasteiger partial charge on any atom is -0.380 e. The second-order valence-electron chi connectivity index (χ2n) is 8.41. The molecule has 0 aliphatic carbocycles. The highest BCUT2D eigenvalue weighted by atomic mass is 16.5. The molecule has 3 heterocycles. The van der Waals surface area contributed by atoms with Gasteiger partial charge in [-0.15, -0.1) is 0 Å². The molecular weight excluding hydrogens is 326 g/mol. The highest BCUT2D eigenvalue weighted by molar-refractivity contribution is 5.87. The van der Waals surface area contributed by atoms with Crippen LogP contribution in [0, 0.1) is 5.41 Å². The fourth-order valence-corrected chi connectivity index (χ4v) is 5.01. The Bertz CT molecular complexity index is 629. The first kappa shape index (κ1) is 18.0. The third-order valence-electron chi connectivity index (χ3n) is 6.55. The Morgan fingerprint density at radius 1 is 1.27 bits per heavy atom. The number of benzene rings is 1. The summed E-state index contributed by atoms with van der Waals surface area (Å²) in [5.74, 6) is 0.663. The summed E-state index contributed by atoms with van der Waals surface area (Å²) >= 11 is 0. The van der Waals surface area contributed by atoms with E-state index in [9.17, 15) is 4.79 Å². The second-order valence-corrected chi connectivity index (χ2v) is 8.41. The second kappa shape index (κ2) is 7.29. The summed E-state index contributed by atoms with van der Waals surface area (Å²) in [6.45, 7) is 6.19. The molecule has 3 aliphatic heterocycles. The number of likely N-dealkylation sites (tertiary alicyclic amines) is 2. The number of likely N-dealkylation sites (N-methyl/N-ethyl adjacent to an activating group) is 1. The molecule has 3 atom stereocenters. The minimum absolute atomic E-state index is 0.254. The average molecular weight is 357 g/mol. The van der Waals surface area contributed by atoms with Crippen LogP contribution in [0.25, 0.3) is 0 Å². The Morgan fingerprint density at radius 3 is 2.77 bits per heavy atom. The largest absolute Gasteiger partial charge is 0.380 e. The number of rotatable bonds is 5. The van der Waals surface area contributed by atoms with Crippen molar-refractivity contribution >= 4 is 5.91 Å². The molecule has 0 unspecified atom stereocenters. The predicted octanol–water partition coefficient (Wildman–Crippen LogP) is 1.65. The summed E-state index contributed by atoms with van der Waals surface area (Å²) in [6.07, 6.45) is 2.07. The maximum Gasteiger partial charge on any atom is 0.230 e. The lowest BCUT2D eigenvalue weighted by molar-refractivity contribution is -0.136. The number of ether oxygens (including phenoxy) is 1. The van der Waals surface area contributed by atoms with E-state index >= 15 is 0 Å². The van der Waals surface area contributed by atoms with Crippen LogP contribution in [0.3, 0.4) is 0 Å². The molecule has 3 saturated heterocycles. The fraction of sp³-hybridized carbons (Fsp3) is 0.667. The van der Waals surface area contributed by atoms with E-state index < -0.39 is 0 Å². The van der Waals surface area contributed by atoms with Gasteiger partial charge in [0.05, 0.1) is 12.0 Å². The smallest absolute Gasteiger partial charge is 0.230 e. The van der Waals surface area contributed by atoms with E-state index in [0.29, 0.717) is 17.9 Å². The van der Waals surface area contributed by atoms with Crippen molar-refractivity contribution in [1.82, 2.24) is 14.7 Å². The van der Waals surface area contributed by atoms with E-state index in [2.05, 4.69) is 59.1 Å². The van der Waals surface area contributed by atoms with E-state index in [1.54, 1.807) is 0 Å². The molecule has 0 saturated carbocycles. The quantitative estimate of drug-likeness (QED) is 0.803. The van der Waals surface area contributed by atoms with Crippen LogP contribution in [0.4, 0.5) is 0 Å². The average Bonchev–Trinajstić information content (AvgIpc) is 3.36. The van der Waals surface area contributed by atoms with Crippen molar-refractivity contribution < 1.29 is 9.53 Å². The molecule has 1 aromatic carbocycles. The van der Waals surface area contributed by atoms with E-state index in [1.165, 1.54) is 5.56 Å². The lowest BCUT2D eigenvalue weighted by atomic mass is 9.73. The maximum atomic E-state index is 13.5. The SMILES string of the molecule is CN(C)CCN1CC[C@]2(CN([C@H]3CCOC3)C[C@H]2c2ccccc2)C1=O. The Kier molecular flexibility index (Phi) is 5.04. The van der Waals surface area contributed by atoms with Gasteiger partial charge >= 0.3 is 0 Å². The lowest BCUT2D eigenvalue weighted by Gasteiger charge is -2.30. The molecule has 0 bridgehead atoms.